The van der Waals surface area contributed by atoms with Crippen molar-refractivity contribution in [2.45, 2.75) is 39.7 Å². The van der Waals surface area contributed by atoms with Crippen molar-refractivity contribution >= 4 is 0 Å². The number of aryl methyl sites for hydroxylation is 2. The highest BCUT2D eigenvalue weighted by atomic mass is 16.5. The van der Waals surface area contributed by atoms with Gasteiger partial charge in [0.2, 0.25) is 0 Å². The van der Waals surface area contributed by atoms with Crippen molar-refractivity contribution in [2.24, 2.45) is 7.05 Å². The van der Waals surface area contributed by atoms with Crippen molar-refractivity contribution in [3.63, 3.8) is 0 Å². The van der Waals surface area contributed by atoms with Crippen LogP contribution >= 0.6 is 0 Å². The molecule has 0 saturated carbocycles. The molecule has 0 aliphatic carbocycles. The van der Waals surface area contributed by atoms with Crippen LogP contribution in [0.15, 0.2) is 6.07 Å². The molecule has 98 valence electrons. The third kappa shape index (κ3) is 5.33. The predicted molar refractivity (Wildman–Crippen MR) is 70.0 cm³/mol. The first-order valence-corrected chi connectivity index (χ1v) is 6.58. The average molecular weight is 239 g/mol. The predicted octanol–water partition coefficient (Wildman–Crippen LogP) is 1.89. The highest BCUT2D eigenvalue weighted by Crippen LogP contribution is 2.03. The van der Waals surface area contributed by atoms with E-state index in [1.165, 1.54) is 5.69 Å². The van der Waals surface area contributed by atoms with Gasteiger partial charge >= 0.3 is 0 Å². The van der Waals surface area contributed by atoms with Crippen LogP contribution in [0.25, 0.3) is 0 Å². The second-order valence-electron chi connectivity index (χ2n) is 4.25. The van der Waals surface area contributed by atoms with E-state index in [-0.39, 0.29) is 0 Å². The summed E-state index contributed by atoms with van der Waals surface area (Å²) in [5.41, 5.74) is 2.41. The van der Waals surface area contributed by atoms with Crippen LogP contribution in [0.5, 0.6) is 0 Å². The van der Waals surface area contributed by atoms with Gasteiger partial charge in [0.05, 0.1) is 11.4 Å². The molecule has 1 aromatic heterocycles. The number of hydrogen-bond acceptors (Lipinski definition) is 3. The summed E-state index contributed by atoms with van der Waals surface area (Å²) >= 11 is 0. The second-order valence-corrected chi connectivity index (χ2v) is 4.25. The largest absolute Gasteiger partial charge is 0.381 e. The van der Waals surface area contributed by atoms with E-state index in [1.807, 2.05) is 11.7 Å². The first-order valence-electron chi connectivity index (χ1n) is 6.58. The van der Waals surface area contributed by atoms with Crippen LogP contribution in [0, 0.1) is 0 Å². The maximum Gasteiger partial charge on any atom is 0.0625 e. The van der Waals surface area contributed by atoms with Gasteiger partial charge in [-0.25, -0.2) is 0 Å². The van der Waals surface area contributed by atoms with Crippen LogP contribution in [0.4, 0.5) is 0 Å². The standard InChI is InChI=1S/C13H25N3O/c1-4-8-17-9-6-7-14-11-13-10-12(5-2)15-16(13)3/h10,14H,4-9,11H2,1-3H3. The Hall–Kier alpha value is -0.870. The Morgan fingerprint density at radius 1 is 1.35 bits per heavy atom. The number of nitrogens with zero attached hydrogens (tertiary/aromatic N) is 2. The molecular weight excluding hydrogens is 214 g/mol. The monoisotopic (exact) mass is 239 g/mol. The van der Waals surface area contributed by atoms with Gasteiger partial charge in [-0.15, -0.1) is 0 Å². The van der Waals surface area contributed by atoms with Gasteiger partial charge in [-0.2, -0.15) is 5.10 Å². The second kappa shape index (κ2) is 8.25. The molecule has 0 unspecified atom stereocenters. The molecule has 4 heteroatoms. The van der Waals surface area contributed by atoms with Gasteiger partial charge in [-0.05, 0) is 31.9 Å². The highest BCUT2D eigenvalue weighted by molar-refractivity contribution is 5.09. The zero-order chi connectivity index (χ0) is 12.5. The lowest BCUT2D eigenvalue weighted by Gasteiger charge is -2.05. The zero-order valence-corrected chi connectivity index (χ0v) is 11.3. The molecule has 0 saturated heterocycles. The summed E-state index contributed by atoms with van der Waals surface area (Å²) in [4.78, 5) is 0. The number of hydrogen-bond donors (Lipinski definition) is 1. The molecule has 1 N–H and O–H groups in total. The van der Waals surface area contributed by atoms with Crippen molar-refractivity contribution in [2.75, 3.05) is 19.8 Å². The summed E-state index contributed by atoms with van der Waals surface area (Å²) in [5, 5.41) is 7.84. The normalized spacial score (nSPS) is 11.0. The third-order valence-corrected chi connectivity index (χ3v) is 2.69. The molecule has 0 aliphatic rings. The molecule has 0 atom stereocenters. The van der Waals surface area contributed by atoms with Crippen LogP contribution in [-0.4, -0.2) is 29.5 Å². The summed E-state index contributed by atoms with van der Waals surface area (Å²) in [6, 6.07) is 2.17. The zero-order valence-electron chi connectivity index (χ0n) is 11.3. The van der Waals surface area contributed by atoms with Crippen LogP contribution in [0.2, 0.25) is 0 Å². The lowest BCUT2D eigenvalue weighted by Crippen LogP contribution is -2.18. The molecular formula is C13H25N3O. The Morgan fingerprint density at radius 2 is 2.18 bits per heavy atom. The van der Waals surface area contributed by atoms with E-state index >= 15 is 0 Å². The molecule has 0 aromatic carbocycles. The fourth-order valence-corrected chi connectivity index (χ4v) is 1.67. The quantitative estimate of drug-likeness (QED) is 0.669. The number of ether oxygens (including phenoxy) is 1. The van der Waals surface area contributed by atoms with Crippen LogP contribution in [-0.2, 0) is 24.8 Å². The van der Waals surface area contributed by atoms with E-state index in [1.54, 1.807) is 0 Å². The van der Waals surface area contributed by atoms with Gasteiger partial charge in [0.1, 0.15) is 0 Å². The molecule has 1 rings (SSSR count). The maximum absolute atomic E-state index is 5.42. The minimum absolute atomic E-state index is 0.854. The summed E-state index contributed by atoms with van der Waals surface area (Å²) in [5.74, 6) is 0. The third-order valence-electron chi connectivity index (χ3n) is 2.69. The van der Waals surface area contributed by atoms with Gasteiger partial charge < -0.3 is 10.1 Å². The molecule has 1 heterocycles. The van der Waals surface area contributed by atoms with Crippen LogP contribution in [0.1, 0.15) is 38.1 Å². The van der Waals surface area contributed by atoms with Crippen molar-refractivity contribution in [3.8, 4) is 0 Å². The van der Waals surface area contributed by atoms with Crippen LogP contribution in [0.3, 0.4) is 0 Å². The minimum atomic E-state index is 0.854. The summed E-state index contributed by atoms with van der Waals surface area (Å²) in [6.45, 7) is 7.87. The van der Waals surface area contributed by atoms with E-state index in [0.29, 0.717) is 0 Å². The van der Waals surface area contributed by atoms with Gasteiger partial charge in [0.25, 0.3) is 0 Å². The lowest BCUT2D eigenvalue weighted by atomic mass is 10.3. The topological polar surface area (TPSA) is 39.1 Å². The fraction of sp³-hybridized carbons (Fsp3) is 0.769. The van der Waals surface area contributed by atoms with Gasteiger partial charge in [-0.3, -0.25) is 4.68 Å². The van der Waals surface area contributed by atoms with Gasteiger partial charge in [0, 0.05) is 26.8 Å². The van der Waals surface area contributed by atoms with E-state index in [0.717, 1.165) is 51.3 Å². The van der Waals surface area contributed by atoms with Gasteiger partial charge in [-0.1, -0.05) is 13.8 Å². The maximum atomic E-state index is 5.42. The van der Waals surface area contributed by atoms with Crippen LogP contribution < -0.4 is 5.32 Å². The van der Waals surface area contributed by atoms with Crippen molar-refractivity contribution in [1.29, 1.82) is 0 Å². The molecule has 4 nitrogen and oxygen atoms in total. The van der Waals surface area contributed by atoms with Crippen molar-refractivity contribution < 1.29 is 4.74 Å². The van der Waals surface area contributed by atoms with E-state index in [4.69, 9.17) is 4.74 Å². The molecule has 0 fully saturated rings. The van der Waals surface area contributed by atoms with E-state index in [9.17, 15) is 0 Å². The lowest BCUT2D eigenvalue weighted by molar-refractivity contribution is 0.132. The Balaban J connectivity index is 2.11. The Bertz CT molecular complexity index is 310. The molecule has 17 heavy (non-hydrogen) atoms. The van der Waals surface area contributed by atoms with E-state index in [2.05, 4.69) is 30.3 Å². The minimum Gasteiger partial charge on any atom is -0.381 e. The Morgan fingerprint density at radius 3 is 2.82 bits per heavy atom. The number of rotatable bonds is 9. The Kier molecular flexibility index (Phi) is 6.89. The number of aromatic nitrogens is 2. The van der Waals surface area contributed by atoms with Gasteiger partial charge in [0.15, 0.2) is 0 Å². The fourth-order valence-electron chi connectivity index (χ4n) is 1.67. The molecule has 0 bridgehead atoms. The average Bonchev–Trinajstić information content (AvgIpc) is 2.69. The molecule has 1 aromatic rings. The van der Waals surface area contributed by atoms with Crippen molar-refractivity contribution in [3.05, 3.63) is 17.5 Å². The molecule has 0 aliphatic heterocycles. The summed E-state index contributed by atoms with van der Waals surface area (Å²) in [7, 11) is 2.00. The molecule has 0 amide bonds. The SMILES string of the molecule is CCCOCCCNCc1cc(CC)nn1C. The highest BCUT2D eigenvalue weighted by Gasteiger charge is 2.02. The molecule has 0 spiro atoms. The summed E-state index contributed by atoms with van der Waals surface area (Å²) < 4.78 is 7.38. The first-order chi connectivity index (χ1) is 8.27. The first kappa shape index (κ1) is 14.2. The van der Waals surface area contributed by atoms with E-state index < -0.39 is 0 Å². The van der Waals surface area contributed by atoms with Crippen molar-refractivity contribution in [1.82, 2.24) is 15.1 Å². The molecule has 0 radical (unpaired) electrons. The number of nitrogens with one attached hydrogen (secondary N) is 1. The smallest absolute Gasteiger partial charge is 0.0625 e. The Labute approximate surface area is 104 Å². The summed E-state index contributed by atoms with van der Waals surface area (Å²) in [6.07, 6.45) is 3.17.